The summed E-state index contributed by atoms with van der Waals surface area (Å²) in [5.41, 5.74) is -0.730. The Morgan fingerprint density at radius 1 is 1.47 bits per heavy atom. The molecule has 0 saturated heterocycles. The minimum absolute atomic E-state index is 0.105. The summed E-state index contributed by atoms with van der Waals surface area (Å²) in [7, 11) is 0. The fourth-order valence-electron chi connectivity index (χ4n) is 2.10. The lowest BCUT2D eigenvalue weighted by Gasteiger charge is -2.28. The van der Waals surface area contributed by atoms with E-state index in [0.29, 0.717) is 6.54 Å². The highest BCUT2D eigenvalue weighted by molar-refractivity contribution is 5.69. The second kappa shape index (κ2) is 5.15. The number of carboxylic acid groups (broad SMARTS) is 1. The molecule has 1 aliphatic rings. The van der Waals surface area contributed by atoms with E-state index in [1.165, 1.54) is 0 Å². The van der Waals surface area contributed by atoms with E-state index in [1.807, 2.05) is 0 Å². The van der Waals surface area contributed by atoms with Crippen molar-refractivity contribution in [3.63, 3.8) is 0 Å². The second-order valence-corrected chi connectivity index (χ2v) is 4.17. The fourth-order valence-corrected chi connectivity index (χ4v) is 2.10. The molecule has 0 radical (unpaired) electrons. The molecular weight excluding hydrogens is 194 g/mol. The lowest BCUT2D eigenvalue weighted by atomic mass is 10.0. The summed E-state index contributed by atoms with van der Waals surface area (Å²) in [6.45, 7) is 0.532. The first-order valence-electron chi connectivity index (χ1n) is 5.16. The summed E-state index contributed by atoms with van der Waals surface area (Å²) in [6.07, 6.45) is 8.66. The molecule has 1 rings (SSSR count). The number of nitrogens with zero attached hydrogens (tertiary/aromatic N) is 1. The van der Waals surface area contributed by atoms with Gasteiger partial charge in [0, 0.05) is 6.54 Å². The number of carboxylic acids is 1. The van der Waals surface area contributed by atoms with Crippen molar-refractivity contribution in [2.24, 2.45) is 0 Å². The van der Waals surface area contributed by atoms with Crippen molar-refractivity contribution in [1.29, 1.82) is 0 Å². The summed E-state index contributed by atoms with van der Waals surface area (Å²) in [5, 5.41) is 18.8. The van der Waals surface area contributed by atoms with E-state index in [-0.39, 0.29) is 13.1 Å². The maximum Gasteiger partial charge on any atom is 0.317 e. The summed E-state index contributed by atoms with van der Waals surface area (Å²) < 4.78 is 0. The van der Waals surface area contributed by atoms with Gasteiger partial charge in [-0.2, -0.15) is 0 Å². The smallest absolute Gasteiger partial charge is 0.317 e. The molecule has 0 unspecified atom stereocenters. The van der Waals surface area contributed by atoms with Crippen LogP contribution in [0.5, 0.6) is 0 Å². The minimum Gasteiger partial charge on any atom is -0.480 e. The van der Waals surface area contributed by atoms with Gasteiger partial charge >= 0.3 is 5.97 Å². The first-order valence-corrected chi connectivity index (χ1v) is 5.16. The Kier molecular flexibility index (Phi) is 4.13. The molecule has 0 spiro atoms. The Balaban J connectivity index is 2.49. The van der Waals surface area contributed by atoms with E-state index >= 15 is 0 Å². The lowest BCUT2D eigenvalue weighted by molar-refractivity contribution is -0.138. The molecule has 0 heterocycles. The van der Waals surface area contributed by atoms with Gasteiger partial charge in [-0.25, -0.2) is 0 Å². The quantitative estimate of drug-likeness (QED) is 0.643. The van der Waals surface area contributed by atoms with Crippen molar-refractivity contribution in [1.82, 2.24) is 4.90 Å². The Morgan fingerprint density at radius 2 is 2.07 bits per heavy atom. The van der Waals surface area contributed by atoms with E-state index in [9.17, 15) is 9.90 Å². The van der Waals surface area contributed by atoms with E-state index in [1.54, 1.807) is 4.90 Å². The molecule has 15 heavy (non-hydrogen) atoms. The van der Waals surface area contributed by atoms with Gasteiger partial charge in [0.05, 0.1) is 18.7 Å². The normalized spacial score (nSPS) is 19.0. The highest BCUT2D eigenvalue weighted by Crippen LogP contribution is 2.29. The van der Waals surface area contributed by atoms with Crippen LogP contribution < -0.4 is 0 Å². The molecule has 0 amide bonds. The average Bonchev–Trinajstić information content (AvgIpc) is 2.51. The van der Waals surface area contributed by atoms with E-state index in [0.717, 1.165) is 25.7 Å². The number of aliphatic hydroxyl groups is 1. The van der Waals surface area contributed by atoms with Crippen LogP contribution in [0, 0.1) is 12.3 Å². The number of rotatable bonds is 5. The van der Waals surface area contributed by atoms with Gasteiger partial charge in [0.2, 0.25) is 0 Å². The van der Waals surface area contributed by atoms with Crippen LogP contribution >= 0.6 is 0 Å². The number of aliphatic carboxylic acids is 1. The molecule has 0 atom stereocenters. The molecular formula is C11H17NO3. The molecule has 0 bridgehead atoms. The first kappa shape index (κ1) is 12.0. The molecule has 0 aliphatic heterocycles. The number of hydrogen-bond donors (Lipinski definition) is 2. The molecule has 84 valence electrons. The van der Waals surface area contributed by atoms with E-state index < -0.39 is 11.6 Å². The zero-order chi connectivity index (χ0) is 11.3. The summed E-state index contributed by atoms with van der Waals surface area (Å²) in [4.78, 5) is 12.2. The topological polar surface area (TPSA) is 60.8 Å². The first-order chi connectivity index (χ1) is 7.06. The van der Waals surface area contributed by atoms with Gasteiger partial charge in [-0.05, 0) is 12.8 Å². The number of terminal acetylenes is 1. The van der Waals surface area contributed by atoms with Gasteiger partial charge in [0.25, 0.3) is 0 Å². The Bertz CT molecular complexity index is 263. The van der Waals surface area contributed by atoms with Gasteiger partial charge in [0.1, 0.15) is 0 Å². The third-order valence-corrected chi connectivity index (χ3v) is 2.73. The zero-order valence-corrected chi connectivity index (χ0v) is 8.78. The summed E-state index contributed by atoms with van der Waals surface area (Å²) in [5.74, 6) is 1.51. The van der Waals surface area contributed by atoms with Crippen LogP contribution in [0.15, 0.2) is 0 Å². The van der Waals surface area contributed by atoms with E-state index in [2.05, 4.69) is 5.92 Å². The Labute approximate surface area is 89.9 Å². The molecule has 0 aromatic rings. The molecule has 0 aromatic carbocycles. The zero-order valence-electron chi connectivity index (χ0n) is 8.78. The van der Waals surface area contributed by atoms with Gasteiger partial charge in [-0.3, -0.25) is 9.69 Å². The van der Waals surface area contributed by atoms with Gasteiger partial charge in [-0.1, -0.05) is 18.8 Å². The monoisotopic (exact) mass is 211 g/mol. The van der Waals surface area contributed by atoms with Crippen LogP contribution in [-0.2, 0) is 4.79 Å². The van der Waals surface area contributed by atoms with Crippen LogP contribution in [0.2, 0.25) is 0 Å². The molecule has 0 aromatic heterocycles. The molecule has 4 nitrogen and oxygen atoms in total. The van der Waals surface area contributed by atoms with Crippen LogP contribution in [0.4, 0.5) is 0 Å². The standard InChI is InChI=1S/C11H17NO3/c1-2-7-12(8-10(13)14)9-11(15)5-3-4-6-11/h1,15H,3-9H2,(H,13,14). The van der Waals surface area contributed by atoms with Gasteiger partial charge in [0.15, 0.2) is 0 Å². The third-order valence-electron chi connectivity index (χ3n) is 2.73. The van der Waals surface area contributed by atoms with Crippen molar-refractivity contribution in [2.45, 2.75) is 31.3 Å². The van der Waals surface area contributed by atoms with Crippen molar-refractivity contribution < 1.29 is 15.0 Å². The van der Waals surface area contributed by atoms with Crippen LogP contribution in [0.1, 0.15) is 25.7 Å². The lowest BCUT2D eigenvalue weighted by Crippen LogP contribution is -2.43. The van der Waals surface area contributed by atoms with Crippen molar-refractivity contribution in [2.75, 3.05) is 19.6 Å². The SMILES string of the molecule is C#CCN(CC(=O)O)CC1(O)CCCC1. The maximum atomic E-state index is 10.6. The van der Waals surface area contributed by atoms with Crippen LogP contribution in [-0.4, -0.2) is 46.3 Å². The molecule has 1 aliphatic carbocycles. The van der Waals surface area contributed by atoms with Crippen LogP contribution in [0.25, 0.3) is 0 Å². The Morgan fingerprint density at radius 3 is 2.53 bits per heavy atom. The highest BCUT2D eigenvalue weighted by atomic mass is 16.4. The van der Waals surface area contributed by atoms with Gasteiger partial charge in [-0.15, -0.1) is 6.42 Å². The van der Waals surface area contributed by atoms with Crippen molar-refractivity contribution in [3.05, 3.63) is 0 Å². The van der Waals surface area contributed by atoms with Crippen molar-refractivity contribution in [3.8, 4) is 12.3 Å². The summed E-state index contributed by atoms with van der Waals surface area (Å²) in [6, 6.07) is 0. The van der Waals surface area contributed by atoms with E-state index in [4.69, 9.17) is 11.5 Å². The Hall–Kier alpha value is -1.05. The predicted octanol–water partition coefficient (Wildman–Crippen LogP) is 0.311. The minimum atomic E-state index is -0.910. The van der Waals surface area contributed by atoms with Gasteiger partial charge < -0.3 is 10.2 Å². The number of carbonyl (C=O) groups is 1. The molecule has 2 N–H and O–H groups in total. The van der Waals surface area contributed by atoms with Crippen molar-refractivity contribution >= 4 is 5.97 Å². The second-order valence-electron chi connectivity index (χ2n) is 4.17. The highest BCUT2D eigenvalue weighted by Gasteiger charge is 2.33. The fraction of sp³-hybridized carbons (Fsp3) is 0.727. The average molecular weight is 211 g/mol. The van der Waals surface area contributed by atoms with Crippen LogP contribution in [0.3, 0.4) is 0 Å². The molecule has 4 heteroatoms. The number of hydrogen-bond acceptors (Lipinski definition) is 3. The largest absolute Gasteiger partial charge is 0.480 e. The predicted molar refractivity (Wildman–Crippen MR) is 56.3 cm³/mol. The summed E-state index contributed by atoms with van der Waals surface area (Å²) >= 11 is 0. The molecule has 1 saturated carbocycles. The molecule has 1 fully saturated rings. The third kappa shape index (κ3) is 3.90. The maximum absolute atomic E-state index is 10.6.